The molecular formula is C12H7BrClN5O2. The van der Waals surface area contributed by atoms with Gasteiger partial charge < -0.3 is 15.3 Å². The fraction of sp³-hybridized carbons (Fsp3) is 0. The number of H-pyrrole nitrogens is 2. The minimum atomic E-state index is -0.456. The lowest BCUT2D eigenvalue weighted by Crippen LogP contribution is -2.14. The molecule has 9 heteroatoms. The van der Waals surface area contributed by atoms with Crippen LogP contribution in [0.5, 0.6) is 0 Å². The molecule has 0 spiro atoms. The number of benzene rings is 1. The van der Waals surface area contributed by atoms with E-state index in [1.165, 1.54) is 12.4 Å². The fourth-order valence-electron chi connectivity index (χ4n) is 1.79. The lowest BCUT2D eigenvalue weighted by molar-refractivity contribution is 0.102. The Balaban J connectivity index is 1.95. The number of rotatable bonds is 2. The molecule has 3 aromatic rings. The Kier molecular flexibility index (Phi) is 3.48. The van der Waals surface area contributed by atoms with Gasteiger partial charge in [-0.15, -0.1) is 0 Å². The van der Waals surface area contributed by atoms with Gasteiger partial charge in [0.05, 0.1) is 29.1 Å². The van der Waals surface area contributed by atoms with Crippen LogP contribution in [-0.4, -0.2) is 25.8 Å². The quantitative estimate of drug-likeness (QED) is 0.645. The van der Waals surface area contributed by atoms with Gasteiger partial charge in [0.15, 0.2) is 0 Å². The predicted molar refractivity (Wildman–Crippen MR) is 81.6 cm³/mol. The molecule has 0 unspecified atom stereocenters. The second kappa shape index (κ2) is 5.30. The average molecular weight is 369 g/mol. The number of aromatic amines is 2. The number of carbonyl (C=O) groups excluding carboxylic acids is 1. The highest BCUT2D eigenvalue weighted by Gasteiger charge is 2.12. The first-order valence-electron chi connectivity index (χ1n) is 5.73. The molecule has 1 amide bonds. The number of hydrogen-bond donors (Lipinski definition) is 3. The van der Waals surface area contributed by atoms with Crippen LogP contribution >= 0.6 is 27.5 Å². The maximum Gasteiger partial charge on any atom is 0.323 e. The van der Waals surface area contributed by atoms with Gasteiger partial charge in [-0.05, 0) is 28.1 Å². The normalized spacial score (nSPS) is 10.8. The molecular weight excluding hydrogens is 362 g/mol. The van der Waals surface area contributed by atoms with E-state index in [0.717, 1.165) is 0 Å². The van der Waals surface area contributed by atoms with Crippen LogP contribution in [-0.2, 0) is 0 Å². The molecule has 3 rings (SSSR count). The van der Waals surface area contributed by atoms with E-state index >= 15 is 0 Å². The Labute approximate surface area is 130 Å². The molecule has 106 valence electrons. The van der Waals surface area contributed by atoms with Crippen molar-refractivity contribution >= 4 is 50.2 Å². The molecule has 2 heterocycles. The molecule has 0 bridgehead atoms. The molecule has 7 nitrogen and oxygen atoms in total. The van der Waals surface area contributed by atoms with Crippen molar-refractivity contribution in [2.45, 2.75) is 0 Å². The lowest BCUT2D eigenvalue weighted by atomic mass is 10.2. The van der Waals surface area contributed by atoms with Gasteiger partial charge in [0, 0.05) is 4.47 Å². The Morgan fingerprint density at radius 1 is 1.24 bits per heavy atom. The van der Waals surface area contributed by atoms with Crippen LogP contribution in [0.15, 0.2) is 33.8 Å². The number of amides is 1. The smallest absolute Gasteiger partial charge is 0.319 e. The van der Waals surface area contributed by atoms with Gasteiger partial charge in [-0.3, -0.25) is 9.78 Å². The van der Waals surface area contributed by atoms with E-state index in [2.05, 4.69) is 41.2 Å². The van der Waals surface area contributed by atoms with Crippen LogP contribution in [0.3, 0.4) is 0 Å². The van der Waals surface area contributed by atoms with Crippen LogP contribution in [0.4, 0.5) is 5.69 Å². The van der Waals surface area contributed by atoms with E-state index in [9.17, 15) is 9.59 Å². The van der Waals surface area contributed by atoms with E-state index < -0.39 is 5.91 Å². The van der Waals surface area contributed by atoms with Crippen molar-refractivity contribution in [3.8, 4) is 0 Å². The molecule has 2 aromatic heterocycles. The van der Waals surface area contributed by atoms with Gasteiger partial charge in [0.2, 0.25) is 0 Å². The second-order valence-corrected chi connectivity index (χ2v) is 5.38. The van der Waals surface area contributed by atoms with E-state index in [1.54, 1.807) is 12.1 Å². The number of anilines is 1. The van der Waals surface area contributed by atoms with E-state index in [4.69, 9.17) is 11.6 Å². The highest BCUT2D eigenvalue weighted by Crippen LogP contribution is 2.26. The zero-order valence-corrected chi connectivity index (χ0v) is 12.6. The Bertz CT molecular complexity index is 904. The monoisotopic (exact) mass is 367 g/mol. The average Bonchev–Trinajstić information content (AvgIpc) is 2.78. The number of nitrogens with zero attached hydrogens (tertiary/aromatic N) is 2. The fourth-order valence-corrected chi connectivity index (χ4v) is 2.38. The van der Waals surface area contributed by atoms with E-state index in [1.807, 2.05) is 0 Å². The third-order valence-electron chi connectivity index (χ3n) is 2.69. The molecule has 0 aliphatic carbocycles. The SMILES string of the molecule is O=C(Nc1cc2[nH]c(=O)[nH]c2cc1Br)c1cncc(Cl)n1. The molecule has 3 N–H and O–H groups in total. The second-order valence-electron chi connectivity index (χ2n) is 4.14. The molecule has 0 fully saturated rings. The molecule has 21 heavy (non-hydrogen) atoms. The van der Waals surface area contributed by atoms with Gasteiger partial charge in [-0.1, -0.05) is 11.6 Å². The predicted octanol–water partition coefficient (Wildman–Crippen LogP) is 2.31. The summed E-state index contributed by atoms with van der Waals surface area (Å²) in [5.74, 6) is -0.456. The lowest BCUT2D eigenvalue weighted by Gasteiger charge is -2.07. The van der Waals surface area contributed by atoms with Crippen molar-refractivity contribution in [1.82, 2.24) is 19.9 Å². The first-order valence-corrected chi connectivity index (χ1v) is 6.90. The molecule has 0 radical (unpaired) electrons. The van der Waals surface area contributed by atoms with Crippen LogP contribution in [0.2, 0.25) is 5.15 Å². The first-order chi connectivity index (χ1) is 10.0. The summed E-state index contributed by atoms with van der Waals surface area (Å²) in [6, 6.07) is 3.32. The van der Waals surface area contributed by atoms with Crippen molar-refractivity contribution in [3.63, 3.8) is 0 Å². The largest absolute Gasteiger partial charge is 0.323 e. The molecule has 0 saturated carbocycles. The minimum Gasteiger partial charge on any atom is -0.319 e. The zero-order valence-electron chi connectivity index (χ0n) is 10.3. The minimum absolute atomic E-state index is 0.0945. The Hall–Kier alpha value is -2.19. The molecule has 0 saturated heterocycles. The summed E-state index contributed by atoms with van der Waals surface area (Å²) in [5.41, 5.74) is 1.48. The van der Waals surface area contributed by atoms with E-state index in [-0.39, 0.29) is 16.5 Å². The number of nitrogens with one attached hydrogen (secondary N) is 3. The van der Waals surface area contributed by atoms with Gasteiger partial charge in [-0.2, -0.15) is 0 Å². The van der Waals surface area contributed by atoms with Gasteiger partial charge in [0.1, 0.15) is 10.8 Å². The van der Waals surface area contributed by atoms with Crippen molar-refractivity contribution in [3.05, 3.63) is 50.3 Å². The molecule has 0 aliphatic rings. The number of carbonyl (C=O) groups is 1. The Morgan fingerprint density at radius 2 is 1.95 bits per heavy atom. The summed E-state index contributed by atoms with van der Waals surface area (Å²) in [7, 11) is 0. The van der Waals surface area contributed by atoms with Crippen LogP contribution in [0.1, 0.15) is 10.5 Å². The van der Waals surface area contributed by atoms with Crippen molar-refractivity contribution in [2.75, 3.05) is 5.32 Å². The summed E-state index contributed by atoms with van der Waals surface area (Å²) in [5, 5.41) is 2.80. The van der Waals surface area contributed by atoms with Gasteiger partial charge in [0.25, 0.3) is 5.91 Å². The third kappa shape index (κ3) is 2.81. The maximum absolute atomic E-state index is 12.1. The van der Waals surface area contributed by atoms with Crippen molar-refractivity contribution < 1.29 is 4.79 Å². The standard InChI is InChI=1S/C12H7BrClN5O2/c13-5-1-7-8(19-12(21)18-7)2-6(5)17-11(20)9-3-15-4-10(14)16-9/h1-4H,(H,17,20)(H2,18,19,21). The number of aromatic nitrogens is 4. The summed E-state index contributed by atoms with van der Waals surface area (Å²) in [6.45, 7) is 0. The number of fused-ring (bicyclic) bond motifs is 1. The maximum atomic E-state index is 12.1. The van der Waals surface area contributed by atoms with E-state index in [0.29, 0.717) is 21.2 Å². The summed E-state index contributed by atoms with van der Waals surface area (Å²) in [6.07, 6.45) is 2.65. The zero-order chi connectivity index (χ0) is 15.0. The highest BCUT2D eigenvalue weighted by molar-refractivity contribution is 9.10. The number of imidazole rings is 1. The van der Waals surface area contributed by atoms with Gasteiger partial charge in [-0.25, -0.2) is 9.78 Å². The Morgan fingerprint density at radius 3 is 2.67 bits per heavy atom. The summed E-state index contributed by atoms with van der Waals surface area (Å²) < 4.78 is 0.619. The van der Waals surface area contributed by atoms with Crippen LogP contribution < -0.4 is 11.0 Å². The van der Waals surface area contributed by atoms with Crippen molar-refractivity contribution in [1.29, 1.82) is 0 Å². The number of hydrogen-bond acceptors (Lipinski definition) is 4. The third-order valence-corrected chi connectivity index (χ3v) is 3.53. The summed E-state index contributed by atoms with van der Waals surface area (Å²) in [4.78, 5) is 36.3. The molecule has 1 aromatic carbocycles. The van der Waals surface area contributed by atoms with Gasteiger partial charge >= 0.3 is 5.69 Å². The van der Waals surface area contributed by atoms with Crippen molar-refractivity contribution in [2.24, 2.45) is 0 Å². The van der Waals surface area contributed by atoms with Crippen LogP contribution in [0.25, 0.3) is 11.0 Å². The number of halogens is 2. The first kappa shape index (κ1) is 13.8. The molecule has 0 atom stereocenters. The summed E-state index contributed by atoms with van der Waals surface area (Å²) >= 11 is 9.03. The topological polar surface area (TPSA) is 104 Å². The molecule has 0 aliphatic heterocycles. The highest BCUT2D eigenvalue weighted by atomic mass is 79.9. The van der Waals surface area contributed by atoms with Crippen LogP contribution in [0, 0.1) is 0 Å².